The maximum Gasteiger partial charge on any atom is 0.354 e. The third kappa shape index (κ3) is 2.07. The number of aryl methyl sites for hydroxylation is 1. The van der Waals surface area contributed by atoms with Crippen LogP contribution in [-0.4, -0.2) is 21.6 Å². The number of fused-ring (bicyclic) bond motifs is 3. The molecule has 0 spiro atoms. The Kier molecular flexibility index (Phi) is 3.28. The minimum Gasteiger partial charge on any atom is -0.450 e. The van der Waals surface area contributed by atoms with Crippen LogP contribution in [0.25, 0.3) is 27.8 Å². The number of rotatable bonds is 2. The van der Waals surface area contributed by atoms with Gasteiger partial charge in [0.25, 0.3) is 0 Å². The van der Waals surface area contributed by atoms with Crippen molar-refractivity contribution in [3.05, 3.63) is 57.7 Å². The number of hydrogen-bond acceptors (Lipinski definition) is 5. The molecule has 3 aromatic heterocycles. The molecule has 120 valence electrons. The summed E-state index contributed by atoms with van der Waals surface area (Å²) in [6.45, 7) is 1.84. The minimum atomic E-state index is -0.411. The van der Waals surface area contributed by atoms with Gasteiger partial charge in [0.1, 0.15) is 11.1 Å². The molecule has 0 saturated heterocycles. The zero-order chi connectivity index (χ0) is 16.8. The van der Waals surface area contributed by atoms with Crippen molar-refractivity contribution < 1.29 is 4.42 Å². The highest BCUT2D eigenvalue weighted by Crippen LogP contribution is 2.34. The van der Waals surface area contributed by atoms with E-state index < -0.39 is 5.69 Å². The van der Waals surface area contributed by atoms with E-state index in [1.54, 1.807) is 37.5 Å². The van der Waals surface area contributed by atoms with Crippen LogP contribution >= 0.6 is 11.6 Å². The number of halogens is 1. The van der Waals surface area contributed by atoms with Gasteiger partial charge in [-0.05, 0) is 37.3 Å². The van der Waals surface area contributed by atoms with Gasteiger partial charge in [0.05, 0.1) is 11.4 Å². The molecular formula is C17H13ClN4O2. The van der Waals surface area contributed by atoms with Gasteiger partial charge in [0.15, 0.2) is 11.4 Å². The molecule has 0 aliphatic carbocycles. The molecule has 0 bridgehead atoms. The number of pyridine rings is 1. The number of hydrogen-bond donors (Lipinski definition) is 1. The highest BCUT2D eigenvalue weighted by atomic mass is 35.5. The fraction of sp³-hybridized carbons (Fsp3) is 0.118. The van der Waals surface area contributed by atoms with Crippen molar-refractivity contribution >= 4 is 39.5 Å². The Bertz CT molecular complexity index is 1150. The number of anilines is 1. The smallest absolute Gasteiger partial charge is 0.354 e. The van der Waals surface area contributed by atoms with Crippen molar-refractivity contribution in [1.82, 2.24) is 14.5 Å². The van der Waals surface area contributed by atoms with Crippen LogP contribution in [0.3, 0.4) is 0 Å². The molecule has 0 aliphatic rings. The maximum absolute atomic E-state index is 12.7. The third-order valence-corrected chi connectivity index (χ3v) is 4.15. The van der Waals surface area contributed by atoms with Crippen LogP contribution < -0.4 is 11.0 Å². The molecule has 6 nitrogen and oxygen atoms in total. The van der Waals surface area contributed by atoms with Crippen molar-refractivity contribution in [3.63, 3.8) is 0 Å². The summed E-state index contributed by atoms with van der Waals surface area (Å²) in [7, 11) is 1.70. The Morgan fingerprint density at radius 3 is 2.88 bits per heavy atom. The Balaban J connectivity index is 2.27. The molecule has 0 fully saturated rings. The number of nitrogens with one attached hydrogen (secondary N) is 1. The van der Waals surface area contributed by atoms with E-state index in [1.165, 1.54) is 4.57 Å². The SMILES string of the molecule is CNc1nc(=O)n(-c2cccnc2C)c2c1oc1ccc(Cl)cc12. The Labute approximate surface area is 141 Å². The number of furan rings is 1. The Hall–Kier alpha value is -2.86. The second-order valence-corrected chi connectivity index (χ2v) is 5.79. The predicted octanol–water partition coefficient (Wildman–Crippen LogP) is 3.53. The van der Waals surface area contributed by atoms with E-state index in [4.69, 9.17) is 16.0 Å². The lowest BCUT2D eigenvalue weighted by molar-refractivity contribution is 0.664. The van der Waals surface area contributed by atoms with E-state index in [9.17, 15) is 4.79 Å². The zero-order valence-electron chi connectivity index (χ0n) is 13.0. The largest absolute Gasteiger partial charge is 0.450 e. The first-order chi connectivity index (χ1) is 11.6. The number of benzene rings is 1. The molecular weight excluding hydrogens is 328 g/mol. The van der Waals surface area contributed by atoms with Gasteiger partial charge in [-0.15, -0.1) is 0 Å². The standard InChI is InChI=1S/C17H13ClN4O2/c1-9-12(4-3-7-20-9)22-14-11-8-10(18)5-6-13(11)24-15(14)16(19-2)21-17(22)23/h3-8H,1-2H3,(H,19,21,23). The van der Waals surface area contributed by atoms with E-state index in [0.29, 0.717) is 33.2 Å². The van der Waals surface area contributed by atoms with Crippen LogP contribution in [0.1, 0.15) is 5.69 Å². The maximum atomic E-state index is 12.7. The molecule has 7 heteroatoms. The molecule has 0 saturated carbocycles. The fourth-order valence-electron chi connectivity index (χ4n) is 2.84. The number of nitrogens with zero attached hydrogens (tertiary/aromatic N) is 3. The van der Waals surface area contributed by atoms with Crippen molar-refractivity contribution in [2.24, 2.45) is 0 Å². The molecule has 0 unspecified atom stereocenters. The van der Waals surface area contributed by atoms with E-state index in [0.717, 1.165) is 11.1 Å². The summed E-state index contributed by atoms with van der Waals surface area (Å²) in [6, 6.07) is 8.91. The van der Waals surface area contributed by atoms with Gasteiger partial charge in [0, 0.05) is 23.7 Å². The molecule has 1 aromatic carbocycles. The van der Waals surface area contributed by atoms with Gasteiger partial charge >= 0.3 is 5.69 Å². The number of aromatic nitrogens is 3. The minimum absolute atomic E-state index is 0.389. The topological polar surface area (TPSA) is 73.0 Å². The van der Waals surface area contributed by atoms with Crippen LogP contribution in [-0.2, 0) is 0 Å². The van der Waals surface area contributed by atoms with Crippen molar-refractivity contribution in [2.45, 2.75) is 6.92 Å². The predicted molar refractivity (Wildman–Crippen MR) is 94.2 cm³/mol. The lowest BCUT2D eigenvalue weighted by atomic mass is 10.2. The van der Waals surface area contributed by atoms with Crippen molar-refractivity contribution in [3.8, 4) is 5.69 Å². The lowest BCUT2D eigenvalue weighted by Gasteiger charge is -2.10. The fourth-order valence-corrected chi connectivity index (χ4v) is 3.01. The van der Waals surface area contributed by atoms with Gasteiger partial charge in [-0.25, -0.2) is 4.79 Å². The quantitative estimate of drug-likeness (QED) is 0.604. The zero-order valence-corrected chi connectivity index (χ0v) is 13.8. The highest BCUT2D eigenvalue weighted by molar-refractivity contribution is 6.31. The van der Waals surface area contributed by atoms with Crippen LogP contribution in [0.4, 0.5) is 5.82 Å². The lowest BCUT2D eigenvalue weighted by Crippen LogP contribution is -2.23. The Morgan fingerprint density at radius 1 is 1.29 bits per heavy atom. The van der Waals surface area contributed by atoms with Crippen molar-refractivity contribution in [1.29, 1.82) is 0 Å². The van der Waals surface area contributed by atoms with Crippen LogP contribution in [0.2, 0.25) is 5.02 Å². The average molecular weight is 341 g/mol. The van der Waals surface area contributed by atoms with Gasteiger partial charge < -0.3 is 9.73 Å². The molecule has 4 rings (SSSR count). The molecule has 0 atom stereocenters. The monoisotopic (exact) mass is 340 g/mol. The highest BCUT2D eigenvalue weighted by Gasteiger charge is 2.20. The summed E-state index contributed by atoms with van der Waals surface area (Å²) in [5, 5.41) is 4.22. The van der Waals surface area contributed by atoms with Gasteiger partial charge in [-0.2, -0.15) is 4.98 Å². The molecule has 0 amide bonds. The van der Waals surface area contributed by atoms with E-state index >= 15 is 0 Å². The van der Waals surface area contributed by atoms with Gasteiger partial charge in [0.2, 0.25) is 0 Å². The summed E-state index contributed by atoms with van der Waals surface area (Å²) >= 11 is 6.15. The molecule has 24 heavy (non-hydrogen) atoms. The van der Waals surface area contributed by atoms with Gasteiger partial charge in [-0.1, -0.05) is 11.6 Å². The summed E-state index contributed by atoms with van der Waals surface area (Å²) in [4.78, 5) is 21.1. The van der Waals surface area contributed by atoms with E-state index in [1.807, 2.05) is 13.0 Å². The average Bonchev–Trinajstić information content (AvgIpc) is 2.94. The first-order valence-corrected chi connectivity index (χ1v) is 7.72. The molecule has 0 aliphatic heterocycles. The molecule has 4 aromatic rings. The van der Waals surface area contributed by atoms with Gasteiger partial charge in [-0.3, -0.25) is 9.55 Å². The second kappa shape index (κ2) is 5.35. The summed E-state index contributed by atoms with van der Waals surface area (Å²) < 4.78 is 7.44. The second-order valence-electron chi connectivity index (χ2n) is 5.36. The summed E-state index contributed by atoms with van der Waals surface area (Å²) in [5.74, 6) is 0.389. The first kappa shape index (κ1) is 14.7. The normalized spacial score (nSPS) is 11.3. The van der Waals surface area contributed by atoms with E-state index in [-0.39, 0.29) is 0 Å². The van der Waals surface area contributed by atoms with Crippen LogP contribution in [0.15, 0.2) is 45.7 Å². The first-order valence-electron chi connectivity index (χ1n) is 7.34. The van der Waals surface area contributed by atoms with Crippen LogP contribution in [0, 0.1) is 6.92 Å². The van der Waals surface area contributed by atoms with Crippen molar-refractivity contribution in [2.75, 3.05) is 12.4 Å². The third-order valence-electron chi connectivity index (χ3n) is 3.92. The molecule has 1 N–H and O–H groups in total. The summed E-state index contributed by atoms with van der Waals surface area (Å²) in [5.41, 5.74) is 2.71. The van der Waals surface area contributed by atoms with Crippen LogP contribution in [0.5, 0.6) is 0 Å². The molecule has 0 radical (unpaired) electrons. The van der Waals surface area contributed by atoms with E-state index in [2.05, 4.69) is 15.3 Å². The Morgan fingerprint density at radius 2 is 2.12 bits per heavy atom. The molecule has 3 heterocycles. The summed E-state index contributed by atoms with van der Waals surface area (Å²) in [6.07, 6.45) is 1.68.